The summed E-state index contributed by atoms with van der Waals surface area (Å²) in [6.45, 7) is 4.26. The van der Waals surface area contributed by atoms with Gasteiger partial charge in [-0.2, -0.15) is 0 Å². The molecule has 2 heteroatoms. The third kappa shape index (κ3) is 7.76. The highest BCUT2D eigenvalue weighted by atomic mass is 19.3. The van der Waals surface area contributed by atoms with Crippen molar-refractivity contribution < 1.29 is 8.78 Å². The van der Waals surface area contributed by atoms with E-state index in [9.17, 15) is 8.78 Å². The van der Waals surface area contributed by atoms with Crippen molar-refractivity contribution in [1.29, 1.82) is 0 Å². The Hall–Kier alpha value is -0.140. The molecule has 0 aromatic heterocycles. The fourth-order valence-electron chi connectivity index (χ4n) is 1.26. The van der Waals surface area contributed by atoms with Crippen LogP contribution in [0.1, 0.15) is 46.0 Å². The van der Waals surface area contributed by atoms with E-state index in [4.69, 9.17) is 0 Å². The van der Waals surface area contributed by atoms with Crippen LogP contribution in [0.4, 0.5) is 8.78 Å². The minimum atomic E-state index is -2.11. The monoisotopic (exact) mass is 164 g/mol. The minimum absolute atomic E-state index is 0.0774. The summed E-state index contributed by atoms with van der Waals surface area (Å²) in [5, 5.41) is 0. The molecule has 0 amide bonds. The van der Waals surface area contributed by atoms with Gasteiger partial charge in [-0.15, -0.1) is 0 Å². The Bertz CT molecular complexity index is 81.6. The first-order valence-corrected chi connectivity index (χ1v) is 4.45. The SMILES string of the molecule is CCCC(C)CCCC(F)F. The smallest absolute Gasteiger partial charge is 0.211 e. The Morgan fingerprint density at radius 2 is 1.73 bits per heavy atom. The standard InChI is InChI=1S/C9H18F2/c1-3-5-8(2)6-4-7-9(10)11/h8-9H,3-7H2,1-2H3. The number of rotatable bonds is 6. The molecule has 0 aliphatic rings. The Balaban J connectivity index is 3.10. The molecule has 1 atom stereocenters. The fraction of sp³-hybridized carbons (Fsp3) is 1.00. The maximum Gasteiger partial charge on any atom is 0.238 e. The zero-order valence-electron chi connectivity index (χ0n) is 7.45. The second-order valence-corrected chi connectivity index (χ2v) is 3.22. The van der Waals surface area contributed by atoms with Gasteiger partial charge in [-0.1, -0.05) is 33.1 Å². The average molecular weight is 164 g/mol. The quantitative estimate of drug-likeness (QED) is 0.559. The molecular formula is C9H18F2. The van der Waals surface area contributed by atoms with Crippen LogP contribution in [-0.4, -0.2) is 6.43 Å². The summed E-state index contributed by atoms with van der Waals surface area (Å²) in [7, 11) is 0. The van der Waals surface area contributed by atoms with E-state index in [1.54, 1.807) is 0 Å². The van der Waals surface area contributed by atoms with E-state index in [0.717, 1.165) is 12.8 Å². The number of halogens is 2. The maximum absolute atomic E-state index is 11.7. The number of hydrogen-bond acceptors (Lipinski definition) is 0. The van der Waals surface area contributed by atoms with Gasteiger partial charge in [0.25, 0.3) is 0 Å². The molecule has 0 aromatic carbocycles. The van der Waals surface area contributed by atoms with E-state index < -0.39 is 6.43 Å². The highest BCUT2D eigenvalue weighted by Crippen LogP contribution is 2.15. The molecule has 0 aromatic rings. The first-order chi connectivity index (χ1) is 5.16. The van der Waals surface area contributed by atoms with Crippen LogP contribution in [0, 0.1) is 5.92 Å². The molecule has 11 heavy (non-hydrogen) atoms. The fourth-order valence-corrected chi connectivity index (χ4v) is 1.26. The van der Waals surface area contributed by atoms with Crippen molar-refractivity contribution in [2.45, 2.75) is 52.4 Å². The number of alkyl halides is 2. The average Bonchev–Trinajstić information content (AvgIpc) is 1.87. The number of hydrogen-bond donors (Lipinski definition) is 0. The van der Waals surface area contributed by atoms with Crippen LogP contribution < -0.4 is 0 Å². The van der Waals surface area contributed by atoms with Crippen LogP contribution in [-0.2, 0) is 0 Å². The molecule has 0 heterocycles. The molecule has 0 N–H and O–H groups in total. The lowest BCUT2D eigenvalue weighted by molar-refractivity contribution is 0.132. The molecule has 0 bridgehead atoms. The van der Waals surface area contributed by atoms with Crippen LogP contribution in [0.3, 0.4) is 0 Å². The zero-order valence-corrected chi connectivity index (χ0v) is 7.45. The van der Waals surface area contributed by atoms with Gasteiger partial charge in [-0.3, -0.25) is 0 Å². The van der Waals surface area contributed by atoms with Gasteiger partial charge in [0, 0.05) is 6.42 Å². The summed E-state index contributed by atoms with van der Waals surface area (Å²) >= 11 is 0. The lowest BCUT2D eigenvalue weighted by Gasteiger charge is -2.08. The summed E-state index contributed by atoms with van der Waals surface area (Å²) in [5.74, 6) is 0.624. The molecule has 0 fully saturated rings. The van der Waals surface area contributed by atoms with Gasteiger partial charge in [0.15, 0.2) is 0 Å². The second kappa shape index (κ2) is 6.56. The van der Waals surface area contributed by atoms with Crippen LogP contribution in [0.5, 0.6) is 0 Å². The van der Waals surface area contributed by atoms with Gasteiger partial charge >= 0.3 is 0 Å². The second-order valence-electron chi connectivity index (χ2n) is 3.22. The van der Waals surface area contributed by atoms with Gasteiger partial charge in [-0.25, -0.2) is 8.78 Å². The van der Waals surface area contributed by atoms with Crippen molar-refractivity contribution in [3.8, 4) is 0 Å². The van der Waals surface area contributed by atoms with Crippen molar-refractivity contribution in [2.75, 3.05) is 0 Å². The Kier molecular flexibility index (Phi) is 6.48. The van der Waals surface area contributed by atoms with Crippen LogP contribution >= 0.6 is 0 Å². The summed E-state index contributed by atoms with van der Waals surface area (Å²) < 4.78 is 23.3. The summed E-state index contributed by atoms with van der Waals surface area (Å²) in [4.78, 5) is 0. The lowest BCUT2D eigenvalue weighted by atomic mass is 9.99. The molecule has 68 valence electrons. The first-order valence-electron chi connectivity index (χ1n) is 4.45. The molecule has 0 saturated carbocycles. The third-order valence-electron chi connectivity index (χ3n) is 1.90. The van der Waals surface area contributed by atoms with Gasteiger partial charge in [0.2, 0.25) is 6.43 Å². The molecule has 0 spiro atoms. The van der Waals surface area contributed by atoms with Gasteiger partial charge < -0.3 is 0 Å². The Labute approximate surface area is 68.0 Å². The van der Waals surface area contributed by atoms with E-state index >= 15 is 0 Å². The van der Waals surface area contributed by atoms with Crippen molar-refractivity contribution >= 4 is 0 Å². The van der Waals surface area contributed by atoms with Crippen molar-refractivity contribution in [2.24, 2.45) is 5.92 Å². The summed E-state index contributed by atoms with van der Waals surface area (Å²) in [6.07, 6.45) is 1.94. The van der Waals surface area contributed by atoms with Crippen molar-refractivity contribution in [3.05, 3.63) is 0 Å². The minimum Gasteiger partial charge on any atom is -0.211 e. The highest BCUT2D eigenvalue weighted by Gasteiger charge is 2.04. The van der Waals surface area contributed by atoms with E-state index in [2.05, 4.69) is 13.8 Å². The molecule has 0 saturated heterocycles. The summed E-state index contributed by atoms with van der Waals surface area (Å²) in [5.41, 5.74) is 0. The Morgan fingerprint density at radius 1 is 1.09 bits per heavy atom. The van der Waals surface area contributed by atoms with E-state index in [-0.39, 0.29) is 6.42 Å². The normalized spacial score (nSPS) is 13.9. The predicted molar refractivity (Wildman–Crippen MR) is 43.9 cm³/mol. The van der Waals surface area contributed by atoms with Gasteiger partial charge in [0.1, 0.15) is 0 Å². The lowest BCUT2D eigenvalue weighted by Crippen LogP contribution is -1.96. The zero-order chi connectivity index (χ0) is 8.69. The highest BCUT2D eigenvalue weighted by molar-refractivity contribution is 4.53. The van der Waals surface area contributed by atoms with Gasteiger partial charge in [0.05, 0.1) is 0 Å². The van der Waals surface area contributed by atoms with Crippen molar-refractivity contribution in [1.82, 2.24) is 0 Å². The van der Waals surface area contributed by atoms with Gasteiger partial charge in [-0.05, 0) is 12.3 Å². The molecule has 1 unspecified atom stereocenters. The van der Waals surface area contributed by atoms with Crippen LogP contribution in [0.15, 0.2) is 0 Å². The van der Waals surface area contributed by atoms with E-state index in [1.165, 1.54) is 6.42 Å². The van der Waals surface area contributed by atoms with Crippen LogP contribution in [0.2, 0.25) is 0 Å². The molecule has 0 aliphatic carbocycles. The predicted octanol–water partition coefficient (Wildman–Crippen LogP) is 3.86. The van der Waals surface area contributed by atoms with Crippen molar-refractivity contribution in [3.63, 3.8) is 0 Å². The largest absolute Gasteiger partial charge is 0.238 e. The molecular weight excluding hydrogens is 146 g/mol. The van der Waals surface area contributed by atoms with E-state index in [1.807, 2.05) is 0 Å². The first kappa shape index (κ1) is 10.9. The molecule has 0 rings (SSSR count). The summed E-state index contributed by atoms with van der Waals surface area (Å²) in [6, 6.07) is 0. The molecule has 0 nitrogen and oxygen atoms in total. The van der Waals surface area contributed by atoms with E-state index in [0.29, 0.717) is 12.3 Å². The molecule has 0 aliphatic heterocycles. The third-order valence-corrected chi connectivity index (χ3v) is 1.90. The maximum atomic E-state index is 11.7. The van der Waals surface area contributed by atoms with Crippen LogP contribution in [0.25, 0.3) is 0 Å². The topological polar surface area (TPSA) is 0 Å². The molecule has 0 radical (unpaired) electrons. The Morgan fingerprint density at radius 3 is 2.18 bits per heavy atom.